The van der Waals surface area contributed by atoms with Crippen molar-refractivity contribution in [3.8, 4) is 0 Å². The summed E-state index contributed by atoms with van der Waals surface area (Å²) in [6.07, 6.45) is 0. The standard InChI is InChI=1S/C13H21FN2O2/c1-10(15)11-3-4-13(12(14)9-11)16(2)5-7-18-8-6-17/h3-4,9-10,17H,5-8,15H2,1-2H3/t10-/m1/s1. The van der Waals surface area contributed by atoms with Crippen molar-refractivity contribution >= 4 is 5.69 Å². The molecule has 3 N–H and O–H groups in total. The number of ether oxygens (including phenoxy) is 1. The van der Waals surface area contributed by atoms with Crippen LogP contribution < -0.4 is 10.6 Å². The summed E-state index contributed by atoms with van der Waals surface area (Å²) < 4.78 is 19.0. The van der Waals surface area contributed by atoms with Crippen LogP contribution in [0.5, 0.6) is 0 Å². The molecule has 1 aromatic carbocycles. The fraction of sp³-hybridized carbons (Fsp3) is 0.538. The first-order valence-electron chi connectivity index (χ1n) is 6.01. The van der Waals surface area contributed by atoms with E-state index in [0.29, 0.717) is 25.4 Å². The van der Waals surface area contributed by atoms with Crippen molar-refractivity contribution in [2.24, 2.45) is 5.73 Å². The maximum atomic E-state index is 13.9. The van der Waals surface area contributed by atoms with E-state index in [-0.39, 0.29) is 18.5 Å². The van der Waals surface area contributed by atoms with Crippen LogP contribution in [-0.2, 0) is 4.74 Å². The van der Waals surface area contributed by atoms with Crippen LogP contribution >= 0.6 is 0 Å². The minimum atomic E-state index is -0.283. The van der Waals surface area contributed by atoms with Gasteiger partial charge >= 0.3 is 0 Å². The molecular formula is C13H21FN2O2. The molecule has 102 valence electrons. The number of benzene rings is 1. The van der Waals surface area contributed by atoms with Crippen LogP contribution in [0.3, 0.4) is 0 Å². The highest BCUT2D eigenvalue weighted by molar-refractivity contribution is 5.48. The normalized spacial score (nSPS) is 12.5. The lowest BCUT2D eigenvalue weighted by Crippen LogP contribution is -2.24. The van der Waals surface area contributed by atoms with Gasteiger partial charge in [0, 0.05) is 19.6 Å². The largest absolute Gasteiger partial charge is 0.394 e. The molecule has 0 aliphatic heterocycles. The molecule has 0 fully saturated rings. The first-order valence-corrected chi connectivity index (χ1v) is 6.01. The van der Waals surface area contributed by atoms with E-state index >= 15 is 0 Å². The molecule has 0 saturated carbocycles. The monoisotopic (exact) mass is 256 g/mol. The van der Waals surface area contributed by atoms with Gasteiger partial charge in [-0.2, -0.15) is 0 Å². The van der Waals surface area contributed by atoms with Crippen molar-refractivity contribution in [1.29, 1.82) is 0 Å². The highest BCUT2D eigenvalue weighted by Crippen LogP contribution is 2.21. The number of aliphatic hydroxyl groups is 1. The minimum Gasteiger partial charge on any atom is -0.394 e. The topological polar surface area (TPSA) is 58.7 Å². The summed E-state index contributed by atoms with van der Waals surface area (Å²) in [5, 5.41) is 8.56. The number of hydrogen-bond donors (Lipinski definition) is 2. The van der Waals surface area contributed by atoms with Crippen molar-refractivity contribution < 1.29 is 14.2 Å². The zero-order valence-electron chi connectivity index (χ0n) is 10.9. The first-order chi connectivity index (χ1) is 8.56. The molecule has 4 nitrogen and oxygen atoms in total. The Morgan fingerprint density at radius 1 is 1.44 bits per heavy atom. The van der Waals surface area contributed by atoms with Gasteiger partial charge in [0.05, 0.1) is 25.5 Å². The van der Waals surface area contributed by atoms with Crippen LogP contribution in [0, 0.1) is 5.82 Å². The summed E-state index contributed by atoms with van der Waals surface area (Å²) in [7, 11) is 1.80. The summed E-state index contributed by atoms with van der Waals surface area (Å²) in [5.41, 5.74) is 7.00. The number of likely N-dealkylation sites (N-methyl/N-ethyl adjacent to an activating group) is 1. The van der Waals surface area contributed by atoms with Gasteiger partial charge in [0.15, 0.2) is 0 Å². The second-order valence-electron chi connectivity index (χ2n) is 4.26. The lowest BCUT2D eigenvalue weighted by molar-refractivity contribution is 0.0971. The molecule has 0 bridgehead atoms. The van der Waals surface area contributed by atoms with Crippen molar-refractivity contribution in [2.45, 2.75) is 13.0 Å². The SMILES string of the molecule is C[C@@H](N)c1ccc(N(C)CCOCCO)c(F)c1. The molecular weight excluding hydrogens is 235 g/mol. The quantitative estimate of drug-likeness (QED) is 0.722. The van der Waals surface area contributed by atoms with E-state index in [9.17, 15) is 4.39 Å². The average Bonchev–Trinajstić information content (AvgIpc) is 2.34. The molecule has 0 spiro atoms. The van der Waals surface area contributed by atoms with Crippen LogP contribution in [0.2, 0.25) is 0 Å². The number of halogens is 1. The predicted molar refractivity (Wildman–Crippen MR) is 70.2 cm³/mol. The Morgan fingerprint density at radius 2 is 2.17 bits per heavy atom. The van der Waals surface area contributed by atoms with Gasteiger partial charge in [0.1, 0.15) is 5.82 Å². The number of nitrogens with zero attached hydrogens (tertiary/aromatic N) is 1. The van der Waals surface area contributed by atoms with Crippen LogP contribution in [0.1, 0.15) is 18.5 Å². The fourth-order valence-electron chi connectivity index (χ4n) is 1.60. The molecule has 0 radical (unpaired) electrons. The van der Waals surface area contributed by atoms with Crippen LogP contribution in [0.4, 0.5) is 10.1 Å². The summed E-state index contributed by atoms with van der Waals surface area (Å²) in [5.74, 6) is -0.283. The van der Waals surface area contributed by atoms with Gasteiger partial charge in [-0.15, -0.1) is 0 Å². The molecule has 0 heterocycles. The summed E-state index contributed by atoms with van der Waals surface area (Å²) in [6, 6.07) is 4.84. The molecule has 5 heteroatoms. The van der Waals surface area contributed by atoms with Crippen LogP contribution in [0.25, 0.3) is 0 Å². The Kier molecular flexibility index (Phi) is 6.04. The van der Waals surface area contributed by atoms with Crippen molar-refractivity contribution in [3.05, 3.63) is 29.6 Å². The van der Waals surface area contributed by atoms with Crippen LogP contribution in [-0.4, -0.2) is 38.5 Å². The third-order valence-electron chi connectivity index (χ3n) is 2.72. The second-order valence-corrected chi connectivity index (χ2v) is 4.26. The van der Waals surface area contributed by atoms with Gasteiger partial charge in [-0.25, -0.2) is 4.39 Å². The number of hydrogen-bond acceptors (Lipinski definition) is 4. The maximum Gasteiger partial charge on any atom is 0.146 e. The second kappa shape index (κ2) is 7.31. The Balaban J connectivity index is 2.60. The average molecular weight is 256 g/mol. The molecule has 0 amide bonds. The van der Waals surface area contributed by atoms with Gasteiger partial charge < -0.3 is 20.5 Å². The molecule has 18 heavy (non-hydrogen) atoms. The molecule has 0 saturated heterocycles. The Labute approximate surface area is 107 Å². The molecule has 1 aromatic rings. The van der Waals surface area contributed by atoms with E-state index < -0.39 is 0 Å². The summed E-state index contributed by atoms with van der Waals surface area (Å²) in [4.78, 5) is 1.78. The first kappa shape index (κ1) is 14.9. The lowest BCUT2D eigenvalue weighted by atomic mass is 10.1. The number of aliphatic hydroxyl groups excluding tert-OH is 1. The van der Waals surface area contributed by atoms with E-state index in [4.69, 9.17) is 15.6 Å². The van der Waals surface area contributed by atoms with E-state index in [1.54, 1.807) is 18.0 Å². The highest BCUT2D eigenvalue weighted by atomic mass is 19.1. The smallest absolute Gasteiger partial charge is 0.146 e. The molecule has 0 unspecified atom stereocenters. The Bertz CT molecular complexity index is 372. The summed E-state index contributed by atoms with van der Waals surface area (Å²) >= 11 is 0. The minimum absolute atomic E-state index is 0.00115. The van der Waals surface area contributed by atoms with Crippen molar-refractivity contribution in [2.75, 3.05) is 38.3 Å². The van der Waals surface area contributed by atoms with Crippen LogP contribution in [0.15, 0.2) is 18.2 Å². The van der Waals surface area contributed by atoms with E-state index in [2.05, 4.69) is 0 Å². The van der Waals surface area contributed by atoms with Gasteiger partial charge in [0.25, 0.3) is 0 Å². The third-order valence-corrected chi connectivity index (χ3v) is 2.72. The molecule has 0 aliphatic carbocycles. The number of nitrogens with two attached hydrogens (primary N) is 1. The van der Waals surface area contributed by atoms with E-state index in [1.807, 2.05) is 13.0 Å². The molecule has 1 rings (SSSR count). The zero-order valence-corrected chi connectivity index (χ0v) is 10.9. The van der Waals surface area contributed by atoms with Crippen molar-refractivity contribution in [1.82, 2.24) is 0 Å². The van der Waals surface area contributed by atoms with Gasteiger partial charge in [-0.05, 0) is 24.6 Å². The van der Waals surface area contributed by atoms with E-state index in [0.717, 1.165) is 5.56 Å². The highest BCUT2D eigenvalue weighted by Gasteiger charge is 2.09. The zero-order chi connectivity index (χ0) is 13.5. The Hall–Kier alpha value is -1.17. The summed E-state index contributed by atoms with van der Waals surface area (Å²) in [6.45, 7) is 3.14. The fourth-order valence-corrected chi connectivity index (χ4v) is 1.60. The lowest BCUT2D eigenvalue weighted by Gasteiger charge is -2.20. The number of anilines is 1. The number of rotatable bonds is 7. The Morgan fingerprint density at radius 3 is 2.72 bits per heavy atom. The van der Waals surface area contributed by atoms with Gasteiger partial charge in [0.2, 0.25) is 0 Å². The van der Waals surface area contributed by atoms with E-state index in [1.165, 1.54) is 6.07 Å². The third kappa shape index (κ3) is 4.25. The maximum absolute atomic E-state index is 13.9. The molecule has 1 atom stereocenters. The predicted octanol–water partition coefficient (Wildman–Crippen LogP) is 1.29. The van der Waals surface area contributed by atoms with Gasteiger partial charge in [-0.1, -0.05) is 6.07 Å². The molecule has 0 aliphatic rings. The molecule has 0 aromatic heterocycles. The van der Waals surface area contributed by atoms with Gasteiger partial charge in [-0.3, -0.25) is 0 Å². The van der Waals surface area contributed by atoms with Crippen molar-refractivity contribution in [3.63, 3.8) is 0 Å².